The third kappa shape index (κ3) is 9.00. The molecule has 2 aromatic rings. The lowest BCUT2D eigenvalue weighted by Gasteiger charge is -2.14. The Balaban J connectivity index is 2.20. The molecule has 0 aromatic heterocycles. The van der Waals surface area contributed by atoms with Gasteiger partial charge < -0.3 is 5.53 Å². The predicted molar refractivity (Wildman–Crippen MR) is 179 cm³/mol. The summed E-state index contributed by atoms with van der Waals surface area (Å²) < 4.78 is 1.61. The van der Waals surface area contributed by atoms with Crippen molar-refractivity contribution >= 4 is 11.4 Å². The van der Waals surface area contributed by atoms with Crippen molar-refractivity contribution in [3.05, 3.63) is 86.5 Å². The Morgan fingerprint density at radius 2 is 0.829 bits per heavy atom. The Hall–Kier alpha value is -2.48. The number of nitrogens with zero attached hydrogens (tertiary/aromatic N) is 2. The number of hydrogen-bond donors (Lipinski definition) is 0. The van der Waals surface area contributed by atoms with Gasteiger partial charge in [-0.05, 0) is 111 Å². The molecule has 0 amide bonds. The fourth-order valence-corrected chi connectivity index (χ4v) is 6.30. The van der Waals surface area contributed by atoms with Crippen molar-refractivity contribution in [3.8, 4) is 0 Å². The highest BCUT2D eigenvalue weighted by Gasteiger charge is 2.35. The molecule has 0 aliphatic carbocycles. The number of allylic oxidation sites excluding steroid dienone is 2. The minimum absolute atomic E-state index is 1.01. The fourth-order valence-electron chi connectivity index (χ4n) is 6.30. The van der Waals surface area contributed by atoms with Gasteiger partial charge in [0, 0.05) is 22.3 Å². The average Bonchev–Trinajstić information content (AvgIpc) is 3.27. The monoisotopic (exact) mass is 554 g/mol. The zero-order valence-electron chi connectivity index (χ0n) is 27.4. The minimum Gasteiger partial charge on any atom is -0.493 e. The molecule has 0 N–H and O–H groups in total. The van der Waals surface area contributed by atoms with E-state index in [4.69, 9.17) is 0 Å². The van der Waals surface area contributed by atoms with Gasteiger partial charge in [-0.3, -0.25) is 0 Å². The Morgan fingerprint density at radius 3 is 1.29 bits per heavy atom. The van der Waals surface area contributed by atoms with E-state index in [0.29, 0.717) is 0 Å². The molecule has 3 rings (SSSR count). The van der Waals surface area contributed by atoms with Crippen molar-refractivity contribution in [2.75, 3.05) is 0 Å². The second-order valence-electron chi connectivity index (χ2n) is 12.2. The molecule has 0 bridgehead atoms. The van der Waals surface area contributed by atoms with E-state index in [1.165, 1.54) is 102 Å². The van der Waals surface area contributed by atoms with Crippen LogP contribution in [0.2, 0.25) is 0 Å². The molecule has 1 heterocycles. The zero-order chi connectivity index (χ0) is 29.6. The van der Waals surface area contributed by atoms with E-state index in [1.54, 1.807) is 4.70 Å². The van der Waals surface area contributed by atoms with Crippen LogP contribution in [0.3, 0.4) is 0 Å². The molecule has 1 aliphatic rings. The maximum atomic E-state index is 12.2. The summed E-state index contributed by atoms with van der Waals surface area (Å²) in [7, 11) is 0. The molecular formula is C39H58N2. The first-order valence-corrected chi connectivity index (χ1v) is 17.2. The third-order valence-electron chi connectivity index (χ3n) is 8.78. The van der Waals surface area contributed by atoms with Gasteiger partial charge in [-0.2, -0.15) is 0 Å². The molecule has 0 saturated carbocycles. The lowest BCUT2D eigenvalue weighted by molar-refractivity contribution is -0.345. The summed E-state index contributed by atoms with van der Waals surface area (Å²) in [6.45, 7) is 13.6. The number of benzene rings is 2. The van der Waals surface area contributed by atoms with E-state index in [9.17, 15) is 5.53 Å². The standard InChI is InChI=1S/C39H58N2/c1-7-13-17-18-19-23-37-36(22-16-10-4)38(34-26-30(11-5)24-31(12-6)27-34)41(40)39(37)35-28-32(20-14-8-2)25-33(29-35)21-15-9-3/h24-29H,7-23H2,1-6H3. The summed E-state index contributed by atoms with van der Waals surface area (Å²) in [5, 5.41) is 0. The van der Waals surface area contributed by atoms with Crippen LogP contribution in [-0.2, 0) is 25.7 Å². The topological polar surface area (TPSA) is 25.3 Å². The number of rotatable bonds is 19. The van der Waals surface area contributed by atoms with Crippen LogP contribution in [0.4, 0.5) is 0 Å². The summed E-state index contributed by atoms with van der Waals surface area (Å²) in [5.74, 6) is 0. The molecule has 0 radical (unpaired) electrons. The van der Waals surface area contributed by atoms with Gasteiger partial charge in [0.1, 0.15) is 0 Å². The molecule has 0 atom stereocenters. The highest BCUT2D eigenvalue weighted by atomic mass is 15.2. The number of aryl methyl sites for hydroxylation is 4. The summed E-state index contributed by atoms with van der Waals surface area (Å²) >= 11 is 0. The quantitative estimate of drug-likeness (QED) is 0.122. The largest absolute Gasteiger partial charge is 0.493 e. The average molecular weight is 555 g/mol. The van der Waals surface area contributed by atoms with Gasteiger partial charge in [0.15, 0.2) is 0 Å². The van der Waals surface area contributed by atoms with Crippen molar-refractivity contribution in [1.82, 2.24) is 0 Å². The molecule has 0 saturated heterocycles. The van der Waals surface area contributed by atoms with Crippen LogP contribution in [0.5, 0.6) is 0 Å². The van der Waals surface area contributed by atoms with Crippen LogP contribution in [0, 0.1) is 0 Å². The fraction of sp³-hybridized carbons (Fsp3) is 0.590. The Bertz CT molecular complexity index is 1150. The van der Waals surface area contributed by atoms with Gasteiger partial charge in [-0.25, -0.2) is 4.70 Å². The van der Waals surface area contributed by atoms with Crippen LogP contribution < -0.4 is 0 Å². The highest BCUT2D eigenvalue weighted by molar-refractivity contribution is 5.82. The molecule has 224 valence electrons. The first-order valence-electron chi connectivity index (χ1n) is 17.2. The van der Waals surface area contributed by atoms with Crippen molar-refractivity contribution in [2.45, 2.75) is 151 Å². The molecule has 1 aliphatic heterocycles. The lowest BCUT2D eigenvalue weighted by Crippen LogP contribution is -2.05. The summed E-state index contributed by atoms with van der Waals surface area (Å²) in [4.78, 5) is 0. The molecule has 0 fully saturated rings. The van der Waals surface area contributed by atoms with Gasteiger partial charge in [-0.1, -0.05) is 98.6 Å². The van der Waals surface area contributed by atoms with Gasteiger partial charge in [-0.15, -0.1) is 0 Å². The van der Waals surface area contributed by atoms with E-state index in [1.807, 2.05) is 0 Å². The smallest absolute Gasteiger partial charge is 0.211 e. The van der Waals surface area contributed by atoms with Gasteiger partial charge in [0.2, 0.25) is 11.4 Å². The van der Waals surface area contributed by atoms with Crippen LogP contribution >= 0.6 is 0 Å². The summed E-state index contributed by atoms with van der Waals surface area (Å²) in [5.41, 5.74) is 25.0. The maximum absolute atomic E-state index is 12.2. The molecular weight excluding hydrogens is 496 g/mol. The van der Waals surface area contributed by atoms with E-state index in [-0.39, 0.29) is 0 Å². The van der Waals surface area contributed by atoms with Crippen LogP contribution in [-0.4, -0.2) is 4.70 Å². The molecule has 2 aromatic carbocycles. The Labute approximate surface area is 252 Å². The normalized spacial score (nSPS) is 13.7. The van der Waals surface area contributed by atoms with Crippen molar-refractivity contribution < 1.29 is 4.70 Å². The van der Waals surface area contributed by atoms with E-state index >= 15 is 0 Å². The second kappa shape index (κ2) is 17.5. The zero-order valence-corrected chi connectivity index (χ0v) is 27.4. The second-order valence-corrected chi connectivity index (χ2v) is 12.2. The summed E-state index contributed by atoms with van der Waals surface area (Å²) in [6.07, 6.45) is 19.7. The molecule has 41 heavy (non-hydrogen) atoms. The first kappa shape index (κ1) is 33.0. The third-order valence-corrected chi connectivity index (χ3v) is 8.78. The van der Waals surface area contributed by atoms with Crippen LogP contribution in [0.15, 0.2) is 47.5 Å². The van der Waals surface area contributed by atoms with Gasteiger partial charge in [0.05, 0.1) is 0 Å². The molecule has 0 unspecified atom stereocenters. The SMILES string of the molecule is CCCCCCCC1=C(c2cc(CCCC)cc(CCCC)c2)[N+](=[N-])C(c2cc(CC)cc(CC)c2)=C1CCCC. The van der Waals surface area contributed by atoms with Crippen LogP contribution in [0.1, 0.15) is 158 Å². The van der Waals surface area contributed by atoms with E-state index in [2.05, 4.69) is 77.9 Å². The van der Waals surface area contributed by atoms with Crippen molar-refractivity contribution in [1.29, 1.82) is 0 Å². The van der Waals surface area contributed by atoms with Crippen molar-refractivity contribution in [3.63, 3.8) is 0 Å². The first-order chi connectivity index (χ1) is 20.0. The van der Waals surface area contributed by atoms with Gasteiger partial charge >= 0.3 is 0 Å². The highest BCUT2D eigenvalue weighted by Crippen LogP contribution is 2.45. The predicted octanol–water partition coefficient (Wildman–Crippen LogP) is 12.2. The lowest BCUT2D eigenvalue weighted by atomic mass is 9.90. The summed E-state index contributed by atoms with van der Waals surface area (Å²) in [6, 6.07) is 14.2. The minimum atomic E-state index is 1.01. The Kier molecular flexibility index (Phi) is 14.1. The number of hydrogen-bond acceptors (Lipinski definition) is 0. The molecule has 2 nitrogen and oxygen atoms in total. The molecule has 0 spiro atoms. The van der Waals surface area contributed by atoms with Crippen LogP contribution in [0.25, 0.3) is 16.9 Å². The number of unbranched alkanes of at least 4 members (excludes halogenated alkanes) is 7. The van der Waals surface area contributed by atoms with Gasteiger partial charge in [0.25, 0.3) is 0 Å². The van der Waals surface area contributed by atoms with E-state index in [0.717, 1.165) is 62.8 Å². The Morgan fingerprint density at radius 1 is 0.439 bits per heavy atom. The maximum Gasteiger partial charge on any atom is 0.211 e. The van der Waals surface area contributed by atoms with Crippen molar-refractivity contribution in [2.24, 2.45) is 0 Å². The van der Waals surface area contributed by atoms with E-state index < -0.39 is 0 Å². The molecule has 2 heteroatoms.